The molecule has 0 aromatic heterocycles. The molecule has 0 bridgehead atoms. The van der Waals surface area contributed by atoms with Crippen LogP contribution in [0.25, 0.3) is 0 Å². The van der Waals surface area contributed by atoms with Crippen molar-refractivity contribution in [2.24, 2.45) is 0 Å². The highest BCUT2D eigenvalue weighted by Gasteiger charge is 2.50. The maximum atomic E-state index is 13.2. The summed E-state index contributed by atoms with van der Waals surface area (Å²) in [4.78, 5) is 13.2. The first kappa shape index (κ1) is 23.3. The Morgan fingerprint density at radius 2 is 1.59 bits per heavy atom. The second-order valence-electron chi connectivity index (χ2n) is 9.43. The molecule has 5 rings (SSSR count). The number of benzene rings is 3. The molecule has 34 heavy (non-hydrogen) atoms. The second kappa shape index (κ2) is 10.4. The monoisotopic (exact) mass is 472 g/mol. The third-order valence-corrected chi connectivity index (χ3v) is 12.5. The number of hydrogen-bond acceptors (Lipinski definition) is 3. The summed E-state index contributed by atoms with van der Waals surface area (Å²) in [6.07, 6.45) is 7.69. The summed E-state index contributed by atoms with van der Waals surface area (Å²) >= 11 is 0. The van der Waals surface area contributed by atoms with Gasteiger partial charge in [0.1, 0.15) is 0 Å². The van der Waals surface area contributed by atoms with Gasteiger partial charge in [-0.1, -0.05) is 48.9 Å². The summed E-state index contributed by atoms with van der Waals surface area (Å²) in [5, 5.41) is 15.9. The first-order valence-electron chi connectivity index (χ1n) is 12.4. The number of amides is 1. The van der Waals surface area contributed by atoms with Crippen molar-refractivity contribution < 1.29 is 14.5 Å². The topological polar surface area (TPSA) is 58.6 Å². The largest absolute Gasteiger partial charge is 0.491 e. The predicted molar refractivity (Wildman–Crippen MR) is 143 cm³/mol. The zero-order valence-electron chi connectivity index (χ0n) is 19.5. The molecule has 1 aliphatic carbocycles. The van der Waals surface area contributed by atoms with E-state index in [-0.39, 0.29) is 5.91 Å². The minimum absolute atomic E-state index is 0.0281. The van der Waals surface area contributed by atoms with Gasteiger partial charge < -0.3 is 15.0 Å². The normalized spacial score (nSPS) is 16.3. The Bertz CT molecular complexity index is 1080. The van der Waals surface area contributed by atoms with Crippen LogP contribution in [0, 0.1) is 0 Å². The summed E-state index contributed by atoms with van der Waals surface area (Å²) in [6, 6.07) is 27.6. The van der Waals surface area contributed by atoms with Crippen LogP contribution < -0.4 is 21.4 Å². The highest BCUT2D eigenvalue weighted by atomic mass is 31.2. The lowest BCUT2D eigenvalue weighted by molar-refractivity contribution is -0.115. The van der Waals surface area contributed by atoms with Crippen molar-refractivity contribution in [1.82, 2.24) is 0 Å². The zero-order chi connectivity index (χ0) is 23.4. The van der Waals surface area contributed by atoms with Crippen LogP contribution in [0.3, 0.4) is 0 Å². The fraction of sp³-hybridized carbons (Fsp3) is 0.321. The molecule has 0 spiro atoms. The fourth-order valence-electron chi connectivity index (χ4n) is 5.72. The Kier molecular flexibility index (Phi) is 7.15. The van der Waals surface area contributed by atoms with Gasteiger partial charge in [0.2, 0.25) is 5.91 Å². The number of hydrogen-bond donors (Lipinski definition) is 2. The van der Waals surface area contributed by atoms with Crippen LogP contribution in [0.4, 0.5) is 5.69 Å². The lowest BCUT2D eigenvalue weighted by Gasteiger charge is -2.37. The molecule has 1 fully saturated rings. The molecular formula is C28H32BNO3P+. The van der Waals surface area contributed by atoms with E-state index in [2.05, 4.69) is 66.0 Å². The highest BCUT2D eigenvalue weighted by molar-refractivity contribution is 7.90. The maximum Gasteiger partial charge on any atom is 0.491 e. The Hall–Kier alpha value is -2.46. The molecule has 2 N–H and O–H groups in total. The molecule has 174 valence electrons. The van der Waals surface area contributed by atoms with Gasteiger partial charge in [0.15, 0.2) is 0 Å². The Balaban J connectivity index is 1.43. The van der Waals surface area contributed by atoms with E-state index in [1.807, 2.05) is 18.2 Å². The van der Waals surface area contributed by atoms with Crippen molar-refractivity contribution in [3.63, 3.8) is 0 Å². The third kappa shape index (κ3) is 4.70. The lowest BCUT2D eigenvalue weighted by atomic mass is 9.79. The van der Waals surface area contributed by atoms with Crippen LogP contribution in [0.2, 0.25) is 0 Å². The molecule has 3 aromatic rings. The number of fused-ring (bicyclic) bond motifs is 1. The van der Waals surface area contributed by atoms with Crippen molar-refractivity contribution in [3.8, 4) is 0 Å². The van der Waals surface area contributed by atoms with E-state index < -0.39 is 14.4 Å². The van der Waals surface area contributed by atoms with E-state index in [1.54, 1.807) is 0 Å². The maximum absolute atomic E-state index is 13.2. The second-order valence-corrected chi connectivity index (χ2v) is 13.4. The molecule has 3 aromatic carbocycles. The molecule has 1 heterocycles. The van der Waals surface area contributed by atoms with Crippen LogP contribution in [0.5, 0.6) is 0 Å². The molecule has 0 radical (unpaired) electrons. The molecule has 2 aliphatic rings. The summed E-state index contributed by atoms with van der Waals surface area (Å²) in [5.74, 6) is 0.0281. The minimum Gasteiger partial charge on any atom is -0.423 e. The van der Waals surface area contributed by atoms with Crippen molar-refractivity contribution >= 4 is 42.0 Å². The van der Waals surface area contributed by atoms with Gasteiger partial charge in [0, 0.05) is 5.69 Å². The number of nitrogens with one attached hydrogen (secondary N) is 1. The van der Waals surface area contributed by atoms with Crippen LogP contribution >= 0.6 is 7.26 Å². The van der Waals surface area contributed by atoms with Crippen molar-refractivity contribution in [2.75, 3.05) is 11.5 Å². The molecular weight excluding hydrogens is 440 g/mol. The average Bonchev–Trinajstić information content (AvgIpc) is 3.26. The molecule has 1 aliphatic heterocycles. The Morgan fingerprint density at radius 3 is 2.24 bits per heavy atom. The summed E-state index contributed by atoms with van der Waals surface area (Å²) in [5.41, 5.74) is 3.05. The van der Waals surface area contributed by atoms with Crippen LogP contribution in [0.15, 0.2) is 78.9 Å². The molecule has 6 heteroatoms. The van der Waals surface area contributed by atoms with Gasteiger partial charge in [-0.05, 0) is 73.1 Å². The van der Waals surface area contributed by atoms with Gasteiger partial charge >= 0.3 is 7.12 Å². The van der Waals surface area contributed by atoms with Crippen LogP contribution in [-0.2, 0) is 16.1 Å². The summed E-state index contributed by atoms with van der Waals surface area (Å²) < 4.78 is 5.29. The number of carbonyl (C=O) groups excluding carboxylic acids is 1. The third-order valence-electron chi connectivity index (χ3n) is 7.42. The standard InChI is InChI=1S/C28H31BNO3P/c31-28(30-23-17-16-22-21-33-29(32)27(22)20-23)18-19-34(24-10-4-1-5-11-24,25-12-6-2-7-13-25)26-14-8-3-9-15-26/h1-2,4-7,10-13,16-17,20,26,32H,3,8-9,14-15,18-19,21H2/p+1. The van der Waals surface area contributed by atoms with E-state index >= 15 is 0 Å². The van der Waals surface area contributed by atoms with Gasteiger partial charge in [-0.25, -0.2) is 0 Å². The molecule has 0 unspecified atom stereocenters. The van der Waals surface area contributed by atoms with E-state index in [4.69, 9.17) is 4.65 Å². The summed E-state index contributed by atoms with van der Waals surface area (Å²) in [7, 11) is -2.69. The van der Waals surface area contributed by atoms with E-state index in [9.17, 15) is 9.82 Å². The lowest BCUT2D eigenvalue weighted by Crippen LogP contribution is -2.36. The van der Waals surface area contributed by atoms with E-state index in [0.717, 1.165) is 17.2 Å². The van der Waals surface area contributed by atoms with Gasteiger partial charge in [-0.15, -0.1) is 0 Å². The first-order chi connectivity index (χ1) is 16.7. The SMILES string of the molecule is O=C(CC[P+](c1ccccc1)(c1ccccc1)C1CCCCC1)Nc1ccc2c(c1)B(O)OC2. The smallest absolute Gasteiger partial charge is 0.423 e. The Labute approximate surface area is 203 Å². The van der Waals surface area contributed by atoms with E-state index in [0.29, 0.717) is 24.4 Å². The first-order valence-corrected chi connectivity index (χ1v) is 14.4. The quantitative estimate of drug-likeness (QED) is 0.400. The van der Waals surface area contributed by atoms with Gasteiger partial charge in [-0.3, -0.25) is 4.79 Å². The predicted octanol–water partition coefficient (Wildman–Crippen LogP) is 4.23. The minimum atomic E-state index is -1.78. The number of anilines is 1. The summed E-state index contributed by atoms with van der Waals surface area (Å²) in [6.45, 7) is 0.410. The Morgan fingerprint density at radius 1 is 0.941 bits per heavy atom. The van der Waals surface area contributed by atoms with E-state index in [1.165, 1.54) is 42.7 Å². The highest BCUT2D eigenvalue weighted by Crippen LogP contribution is 2.64. The van der Waals surface area contributed by atoms with Crippen molar-refractivity contribution in [2.45, 2.75) is 50.8 Å². The van der Waals surface area contributed by atoms with Crippen molar-refractivity contribution in [3.05, 3.63) is 84.4 Å². The fourth-order valence-corrected chi connectivity index (χ4v) is 10.9. The number of carbonyl (C=O) groups is 1. The average molecular weight is 472 g/mol. The van der Waals surface area contributed by atoms with Gasteiger partial charge in [0.05, 0.1) is 42.7 Å². The zero-order valence-corrected chi connectivity index (χ0v) is 20.4. The molecule has 1 saturated carbocycles. The molecule has 0 saturated heterocycles. The molecule has 4 nitrogen and oxygen atoms in total. The van der Waals surface area contributed by atoms with Gasteiger partial charge in [-0.2, -0.15) is 0 Å². The molecule has 0 atom stereocenters. The van der Waals surface area contributed by atoms with Gasteiger partial charge in [0.25, 0.3) is 0 Å². The van der Waals surface area contributed by atoms with Crippen LogP contribution in [0.1, 0.15) is 44.1 Å². The number of rotatable bonds is 7. The van der Waals surface area contributed by atoms with Crippen molar-refractivity contribution in [1.29, 1.82) is 0 Å². The molecule has 1 amide bonds. The van der Waals surface area contributed by atoms with Crippen LogP contribution in [-0.4, -0.2) is 29.9 Å².